The van der Waals surface area contributed by atoms with Crippen molar-refractivity contribution in [3.8, 4) is 11.7 Å². The third kappa shape index (κ3) is 4.56. The van der Waals surface area contributed by atoms with E-state index >= 15 is 0 Å². The molecule has 0 N–H and O–H groups in total. The van der Waals surface area contributed by atoms with Crippen LogP contribution in [-0.4, -0.2) is 54.5 Å². The van der Waals surface area contributed by atoms with Gasteiger partial charge in [-0.15, -0.1) is 5.10 Å². The Balaban J connectivity index is 1.44. The lowest BCUT2D eigenvalue weighted by Gasteiger charge is -2.32. The monoisotopic (exact) mass is 436 g/mol. The van der Waals surface area contributed by atoms with Crippen molar-refractivity contribution < 1.29 is 9.53 Å². The van der Waals surface area contributed by atoms with Crippen molar-refractivity contribution >= 4 is 5.91 Å². The van der Waals surface area contributed by atoms with Crippen LogP contribution in [0.4, 0.5) is 0 Å². The van der Waals surface area contributed by atoms with Crippen molar-refractivity contribution in [2.45, 2.75) is 52.7 Å². The summed E-state index contributed by atoms with van der Waals surface area (Å²) in [4.78, 5) is 31.4. The van der Waals surface area contributed by atoms with E-state index in [0.29, 0.717) is 43.2 Å². The SMILES string of the molecule is Cc1cc(C)n(-c2ccc(=O)n(C3CCN(C(=O)c4ccc(OC(C)C)nc4)CC3)n2)n1. The van der Waals surface area contributed by atoms with Crippen LogP contribution in [0.5, 0.6) is 5.88 Å². The summed E-state index contributed by atoms with van der Waals surface area (Å²) >= 11 is 0. The first-order valence-electron chi connectivity index (χ1n) is 10.9. The Morgan fingerprint density at radius 1 is 1.09 bits per heavy atom. The van der Waals surface area contributed by atoms with Gasteiger partial charge in [0.15, 0.2) is 5.82 Å². The molecular formula is C23H28N6O3. The maximum Gasteiger partial charge on any atom is 0.267 e. The van der Waals surface area contributed by atoms with E-state index in [0.717, 1.165) is 11.4 Å². The van der Waals surface area contributed by atoms with Crippen molar-refractivity contribution in [2.75, 3.05) is 13.1 Å². The van der Waals surface area contributed by atoms with Gasteiger partial charge in [-0.1, -0.05) is 0 Å². The number of pyridine rings is 1. The van der Waals surface area contributed by atoms with Gasteiger partial charge < -0.3 is 9.64 Å². The lowest BCUT2D eigenvalue weighted by molar-refractivity contribution is 0.0687. The normalized spacial score (nSPS) is 14.7. The lowest BCUT2D eigenvalue weighted by atomic mass is 10.0. The van der Waals surface area contributed by atoms with Crippen LogP contribution in [-0.2, 0) is 0 Å². The summed E-state index contributed by atoms with van der Waals surface area (Å²) in [5.74, 6) is 1.05. The molecule has 1 saturated heterocycles. The van der Waals surface area contributed by atoms with Gasteiger partial charge in [0.25, 0.3) is 11.5 Å². The molecule has 0 aromatic carbocycles. The molecule has 4 rings (SSSR count). The van der Waals surface area contributed by atoms with Crippen LogP contribution in [0, 0.1) is 13.8 Å². The number of ether oxygens (including phenoxy) is 1. The minimum Gasteiger partial charge on any atom is -0.475 e. The number of piperidine rings is 1. The van der Waals surface area contributed by atoms with Gasteiger partial charge in [-0.2, -0.15) is 5.10 Å². The number of aromatic nitrogens is 5. The Morgan fingerprint density at radius 3 is 2.44 bits per heavy atom. The summed E-state index contributed by atoms with van der Waals surface area (Å²) in [5.41, 5.74) is 2.23. The minimum atomic E-state index is -0.148. The van der Waals surface area contributed by atoms with E-state index < -0.39 is 0 Å². The van der Waals surface area contributed by atoms with Crippen molar-refractivity contribution in [1.29, 1.82) is 0 Å². The zero-order valence-corrected chi connectivity index (χ0v) is 18.9. The maximum atomic E-state index is 12.9. The average Bonchev–Trinajstić information content (AvgIpc) is 3.12. The smallest absolute Gasteiger partial charge is 0.267 e. The Kier molecular flexibility index (Phi) is 6.07. The van der Waals surface area contributed by atoms with Crippen LogP contribution in [0.3, 0.4) is 0 Å². The first-order valence-corrected chi connectivity index (χ1v) is 10.9. The molecule has 9 nitrogen and oxygen atoms in total. The summed E-state index contributed by atoms with van der Waals surface area (Å²) in [6.45, 7) is 8.83. The molecule has 3 aromatic rings. The van der Waals surface area contributed by atoms with Gasteiger partial charge in [-0.25, -0.2) is 14.3 Å². The van der Waals surface area contributed by atoms with E-state index in [1.807, 2.05) is 33.8 Å². The number of rotatable bonds is 5. The van der Waals surface area contributed by atoms with E-state index in [2.05, 4.69) is 15.2 Å². The quantitative estimate of drug-likeness (QED) is 0.610. The predicted molar refractivity (Wildman–Crippen MR) is 119 cm³/mol. The molecule has 1 aliphatic heterocycles. The minimum absolute atomic E-state index is 0.0276. The van der Waals surface area contributed by atoms with Crippen molar-refractivity contribution in [3.05, 3.63) is 63.8 Å². The fourth-order valence-electron chi connectivity index (χ4n) is 3.96. The molecule has 32 heavy (non-hydrogen) atoms. The fraction of sp³-hybridized carbons (Fsp3) is 0.435. The van der Waals surface area contributed by atoms with Crippen LogP contribution in [0.25, 0.3) is 5.82 Å². The molecule has 0 atom stereocenters. The lowest BCUT2D eigenvalue weighted by Crippen LogP contribution is -2.41. The highest BCUT2D eigenvalue weighted by Gasteiger charge is 2.26. The Morgan fingerprint density at radius 2 is 1.84 bits per heavy atom. The second kappa shape index (κ2) is 8.94. The van der Waals surface area contributed by atoms with E-state index in [1.54, 1.807) is 34.0 Å². The predicted octanol–water partition coefficient (Wildman–Crippen LogP) is 2.71. The van der Waals surface area contributed by atoms with Crippen molar-refractivity contribution in [1.82, 2.24) is 29.4 Å². The molecule has 4 heterocycles. The summed E-state index contributed by atoms with van der Waals surface area (Å²) in [5, 5.41) is 9.04. The average molecular weight is 437 g/mol. The van der Waals surface area contributed by atoms with E-state index in [1.165, 1.54) is 10.7 Å². The number of carbonyl (C=O) groups excluding carboxylic acids is 1. The summed E-state index contributed by atoms with van der Waals surface area (Å²) in [7, 11) is 0. The van der Waals surface area contributed by atoms with Gasteiger partial charge >= 0.3 is 0 Å². The van der Waals surface area contributed by atoms with E-state index in [9.17, 15) is 9.59 Å². The standard InChI is InChI=1S/C23H28N6O3/c1-15(2)32-21-7-5-18(14-24-21)23(31)27-11-9-19(10-12-27)29-22(30)8-6-20(26-29)28-17(4)13-16(3)25-28/h5-8,13-15,19H,9-12H2,1-4H3. The highest BCUT2D eigenvalue weighted by molar-refractivity contribution is 5.94. The molecule has 0 bridgehead atoms. The number of nitrogens with zero attached hydrogens (tertiary/aromatic N) is 6. The molecule has 0 spiro atoms. The molecule has 0 unspecified atom stereocenters. The topological polar surface area (TPSA) is 95.1 Å². The number of amides is 1. The molecular weight excluding hydrogens is 408 g/mol. The van der Waals surface area contributed by atoms with Gasteiger partial charge in [-0.05, 0) is 58.7 Å². The summed E-state index contributed by atoms with van der Waals surface area (Å²) in [6, 6.07) is 8.58. The molecule has 1 aliphatic rings. The molecule has 168 valence electrons. The van der Waals surface area contributed by atoms with Gasteiger partial charge in [0.05, 0.1) is 23.4 Å². The molecule has 1 fully saturated rings. The summed E-state index contributed by atoms with van der Waals surface area (Å²) in [6.07, 6.45) is 2.89. The van der Waals surface area contributed by atoms with Crippen LogP contribution >= 0.6 is 0 Å². The van der Waals surface area contributed by atoms with Gasteiger partial charge in [0.1, 0.15) is 0 Å². The van der Waals surface area contributed by atoms with Gasteiger partial charge in [0, 0.05) is 37.1 Å². The Labute approximate surface area is 186 Å². The van der Waals surface area contributed by atoms with Crippen molar-refractivity contribution in [3.63, 3.8) is 0 Å². The largest absolute Gasteiger partial charge is 0.475 e. The molecule has 9 heteroatoms. The molecule has 0 saturated carbocycles. The number of carbonyl (C=O) groups is 1. The third-order valence-corrected chi connectivity index (χ3v) is 5.47. The molecule has 3 aromatic heterocycles. The van der Waals surface area contributed by atoms with Gasteiger partial charge in [-0.3, -0.25) is 9.59 Å². The second-order valence-corrected chi connectivity index (χ2v) is 8.39. The highest BCUT2D eigenvalue weighted by atomic mass is 16.5. The molecule has 1 amide bonds. The van der Waals surface area contributed by atoms with Crippen LogP contribution in [0.2, 0.25) is 0 Å². The first-order chi connectivity index (χ1) is 15.3. The number of likely N-dealkylation sites (tertiary alicyclic amines) is 1. The number of hydrogen-bond donors (Lipinski definition) is 0. The Hall–Kier alpha value is -3.49. The second-order valence-electron chi connectivity index (χ2n) is 8.39. The highest BCUT2D eigenvalue weighted by Crippen LogP contribution is 2.22. The van der Waals surface area contributed by atoms with Gasteiger partial charge in [0.2, 0.25) is 5.88 Å². The molecule has 0 aliphatic carbocycles. The van der Waals surface area contributed by atoms with Crippen LogP contribution in [0.15, 0.2) is 41.3 Å². The van der Waals surface area contributed by atoms with E-state index in [4.69, 9.17) is 4.74 Å². The molecule has 0 radical (unpaired) electrons. The first kappa shape index (κ1) is 21.7. The van der Waals surface area contributed by atoms with Crippen LogP contribution < -0.4 is 10.3 Å². The number of aryl methyl sites for hydroxylation is 2. The number of hydrogen-bond acceptors (Lipinski definition) is 6. The van der Waals surface area contributed by atoms with Crippen molar-refractivity contribution in [2.24, 2.45) is 0 Å². The Bertz CT molecular complexity index is 1160. The zero-order valence-electron chi connectivity index (χ0n) is 18.9. The third-order valence-electron chi connectivity index (χ3n) is 5.47. The maximum absolute atomic E-state index is 12.9. The summed E-state index contributed by atoms with van der Waals surface area (Å²) < 4.78 is 8.81. The van der Waals surface area contributed by atoms with E-state index in [-0.39, 0.29) is 23.6 Å². The fourth-order valence-corrected chi connectivity index (χ4v) is 3.96. The van der Waals surface area contributed by atoms with Crippen LogP contribution in [0.1, 0.15) is 54.5 Å². The zero-order chi connectivity index (χ0) is 22.8.